The molecule has 1 aromatic rings. The van der Waals surface area contributed by atoms with Gasteiger partial charge in [-0.3, -0.25) is 0 Å². The van der Waals surface area contributed by atoms with Crippen molar-refractivity contribution >= 4 is 54.0 Å². The molecule has 0 saturated carbocycles. The molecule has 0 spiro atoms. The van der Waals surface area contributed by atoms with E-state index >= 15 is 0 Å². The number of allylic oxidation sites excluding steroid dienone is 1. The molecule has 0 aliphatic carbocycles. The first-order chi connectivity index (χ1) is 25.6. The summed E-state index contributed by atoms with van der Waals surface area (Å²) in [5, 5.41) is 12.3. The number of hydrogen-bond acceptors (Lipinski definition) is 11. The van der Waals surface area contributed by atoms with Crippen molar-refractivity contribution in [2.24, 2.45) is 0 Å². The molecule has 0 aliphatic heterocycles. The lowest BCUT2D eigenvalue weighted by molar-refractivity contribution is 0.000176. The van der Waals surface area contributed by atoms with Crippen molar-refractivity contribution in [3.05, 3.63) is 42.0 Å². The predicted molar refractivity (Wildman–Crippen MR) is 239 cm³/mol. The van der Waals surface area contributed by atoms with E-state index in [4.69, 9.17) is 40.1 Å². The molecule has 0 saturated heterocycles. The fourth-order valence-electron chi connectivity index (χ4n) is 6.28. The van der Waals surface area contributed by atoms with Crippen LogP contribution in [0.2, 0.25) is 77.6 Å². The summed E-state index contributed by atoms with van der Waals surface area (Å²) in [6, 6.07) is 9.58. The second kappa shape index (κ2) is 24.3. The number of alkyl carbamates (subject to hydrolysis) is 1. The lowest BCUT2D eigenvalue weighted by Gasteiger charge is -2.43. The van der Waals surface area contributed by atoms with Crippen LogP contribution in [0.15, 0.2) is 30.8 Å². The number of aliphatic hydroxyl groups excluding tert-OH is 1. The van der Waals surface area contributed by atoms with Gasteiger partial charge in [-0.05, 0) is 136 Å². The third-order valence-electron chi connectivity index (χ3n) is 8.08. The van der Waals surface area contributed by atoms with Gasteiger partial charge >= 0.3 is 31.8 Å². The van der Waals surface area contributed by atoms with E-state index in [0.29, 0.717) is 46.2 Å². The van der Waals surface area contributed by atoms with E-state index in [1.807, 2.05) is 52.0 Å². The van der Waals surface area contributed by atoms with Crippen molar-refractivity contribution in [2.75, 3.05) is 52.9 Å². The zero-order chi connectivity index (χ0) is 42.8. The number of amides is 1. The highest BCUT2D eigenvalue weighted by atomic mass is 28.5. The quantitative estimate of drug-likeness (QED) is 0.0568. The number of benzene rings is 1. The number of carbonyl (C=O) groups excluding carboxylic acids is 1. The number of hydrogen-bond donors (Lipinski definition) is 2. The summed E-state index contributed by atoms with van der Waals surface area (Å²) >= 11 is 0. The zero-order valence-electron chi connectivity index (χ0n) is 37.7. The minimum atomic E-state index is -2.69. The van der Waals surface area contributed by atoms with Gasteiger partial charge in [0.25, 0.3) is 0 Å². The Hall–Kier alpha value is -1.05. The molecule has 0 radical (unpaired) electrons. The number of rotatable bonds is 30. The van der Waals surface area contributed by atoms with Crippen LogP contribution in [0.25, 0.3) is 5.57 Å². The fourth-order valence-corrected chi connectivity index (χ4v) is 29.8. The van der Waals surface area contributed by atoms with E-state index in [1.54, 1.807) is 6.92 Å². The number of ether oxygens (including phenoxy) is 5. The van der Waals surface area contributed by atoms with Crippen LogP contribution in [0, 0.1) is 0 Å². The Bertz CT molecular complexity index is 1290. The number of carbonyl (C=O) groups is 1. The Morgan fingerprint density at radius 1 is 0.696 bits per heavy atom. The Morgan fingerprint density at radius 3 is 1.54 bits per heavy atom. The van der Waals surface area contributed by atoms with Gasteiger partial charge in [0.1, 0.15) is 6.10 Å². The molecule has 1 amide bonds. The number of nitrogens with one attached hydrogen (secondary N) is 1. The van der Waals surface area contributed by atoms with Gasteiger partial charge in [-0.15, -0.1) is 0 Å². The van der Waals surface area contributed by atoms with Gasteiger partial charge < -0.3 is 50.6 Å². The normalized spacial score (nSPS) is 16.1. The second-order valence-corrected chi connectivity index (χ2v) is 38.1. The van der Waals surface area contributed by atoms with Crippen LogP contribution in [0.5, 0.6) is 0 Å². The molecule has 4 unspecified atom stereocenters. The molecular weight excluding hydrogens is 799 g/mol. The topological polar surface area (TPSA) is 132 Å². The van der Waals surface area contributed by atoms with Crippen LogP contribution in [-0.2, 0) is 45.7 Å². The van der Waals surface area contributed by atoms with Crippen molar-refractivity contribution in [3.8, 4) is 0 Å². The third-order valence-corrected chi connectivity index (χ3v) is 26.3. The summed E-state index contributed by atoms with van der Waals surface area (Å²) in [6.07, 6.45) is 0.220. The van der Waals surface area contributed by atoms with E-state index < -0.39 is 66.2 Å². The molecule has 326 valence electrons. The van der Waals surface area contributed by atoms with Gasteiger partial charge in [0.15, 0.2) is 16.6 Å². The molecule has 0 fully saturated rings. The van der Waals surface area contributed by atoms with Crippen LogP contribution >= 0.6 is 0 Å². The summed E-state index contributed by atoms with van der Waals surface area (Å²) in [5.41, 5.74) is 2.42. The monoisotopic (exact) mass is 877 g/mol. The lowest BCUT2D eigenvalue weighted by Crippen LogP contribution is -2.60. The molecule has 17 heteroatoms. The van der Waals surface area contributed by atoms with Gasteiger partial charge in [0.05, 0.1) is 51.3 Å². The average Bonchev–Trinajstić information content (AvgIpc) is 3.00. The van der Waals surface area contributed by atoms with Crippen molar-refractivity contribution in [1.29, 1.82) is 0 Å². The van der Waals surface area contributed by atoms with E-state index in [1.165, 1.54) is 0 Å². The summed E-state index contributed by atoms with van der Waals surface area (Å²) in [4.78, 5) is 12.6. The third kappa shape index (κ3) is 24.8. The maximum atomic E-state index is 12.6. The van der Waals surface area contributed by atoms with Crippen LogP contribution in [0.4, 0.5) is 4.79 Å². The summed E-state index contributed by atoms with van der Waals surface area (Å²) in [5.74, 6) is 0. The highest BCUT2D eigenvalue weighted by molar-refractivity contribution is 6.90. The molecule has 0 bridgehead atoms. The summed E-state index contributed by atoms with van der Waals surface area (Å²) < 4.78 is 56.1. The van der Waals surface area contributed by atoms with Crippen LogP contribution in [0.3, 0.4) is 0 Å². The van der Waals surface area contributed by atoms with Crippen molar-refractivity contribution in [1.82, 2.24) is 5.32 Å². The molecule has 1 aromatic carbocycles. The van der Waals surface area contributed by atoms with Crippen molar-refractivity contribution in [3.63, 3.8) is 0 Å². The van der Waals surface area contributed by atoms with Gasteiger partial charge in [-0.2, -0.15) is 0 Å². The number of aliphatic hydroxyl groups is 1. The molecule has 0 aliphatic rings. The zero-order valence-corrected chi connectivity index (χ0v) is 42.7. The molecule has 56 heavy (non-hydrogen) atoms. The molecule has 1 rings (SSSR count). The standard InChI is InChI=1S/C39H79NO11Si5/c1-33(2)36-19-21-37(22-20-36)39(5,6)40-38(42)47-35(4)32-46-28-26-44-24-18-30-56(16,49-53(10,11)12)51-54(13,14)50-55(15,48-52(7,8)9)29-17-23-43-25-27-45-31-34(3)41/h19-22,34-35,41H,1,17-18,23-32H2,2-16H3,(H,40,42). The lowest BCUT2D eigenvalue weighted by atomic mass is 9.93. The SMILES string of the molecule is C=C(C)c1ccc(C(C)(C)NC(=O)OC(C)COCCOCCC[Si](C)(O[Si](C)(C)C)O[Si](C)(C)O[Si](C)(CCCOCCOCC(C)O)O[Si](C)(C)C)cc1. The van der Waals surface area contributed by atoms with Gasteiger partial charge in [-0.25, -0.2) is 4.79 Å². The van der Waals surface area contributed by atoms with E-state index in [0.717, 1.165) is 41.6 Å². The van der Waals surface area contributed by atoms with E-state index in [2.05, 4.69) is 77.4 Å². The maximum Gasteiger partial charge on any atom is 0.408 e. The smallest absolute Gasteiger partial charge is 0.408 e. The van der Waals surface area contributed by atoms with Crippen molar-refractivity contribution in [2.45, 2.75) is 143 Å². The molecule has 4 atom stereocenters. The highest BCUT2D eigenvalue weighted by Crippen LogP contribution is 2.31. The summed E-state index contributed by atoms with van der Waals surface area (Å²) in [6.45, 7) is 38.6. The van der Waals surface area contributed by atoms with Gasteiger partial charge in [0.2, 0.25) is 0 Å². The Kier molecular flexibility index (Phi) is 23.0. The van der Waals surface area contributed by atoms with Crippen molar-refractivity contribution < 1.29 is 50.0 Å². The first-order valence-electron chi connectivity index (χ1n) is 20.2. The second-order valence-electron chi connectivity index (χ2n) is 18.1. The Labute approximate surface area is 345 Å². The Balaban J connectivity index is 2.59. The first kappa shape index (κ1) is 53.0. The molecule has 12 nitrogen and oxygen atoms in total. The van der Waals surface area contributed by atoms with Crippen LogP contribution < -0.4 is 5.32 Å². The van der Waals surface area contributed by atoms with E-state index in [9.17, 15) is 9.90 Å². The molecular formula is C39H79NO11Si5. The Morgan fingerprint density at radius 2 is 1.12 bits per heavy atom. The van der Waals surface area contributed by atoms with Crippen LogP contribution in [0.1, 0.15) is 58.6 Å². The highest BCUT2D eigenvalue weighted by Gasteiger charge is 2.48. The molecule has 0 heterocycles. The molecule has 0 aromatic heterocycles. The predicted octanol–water partition coefficient (Wildman–Crippen LogP) is 8.88. The largest absolute Gasteiger partial charge is 0.444 e. The molecule has 2 N–H and O–H groups in total. The van der Waals surface area contributed by atoms with Gasteiger partial charge in [0, 0.05) is 13.2 Å². The summed E-state index contributed by atoms with van der Waals surface area (Å²) in [7, 11) is -11.8. The minimum absolute atomic E-state index is 0.267. The van der Waals surface area contributed by atoms with Gasteiger partial charge in [-0.1, -0.05) is 36.4 Å². The first-order valence-corrected chi connectivity index (χ1v) is 34.9. The average molecular weight is 878 g/mol. The minimum Gasteiger partial charge on any atom is -0.444 e. The fraction of sp³-hybridized carbons (Fsp3) is 0.769. The maximum absolute atomic E-state index is 12.6. The van der Waals surface area contributed by atoms with E-state index in [-0.39, 0.29) is 6.61 Å². The van der Waals surface area contributed by atoms with Crippen LogP contribution in [-0.4, -0.2) is 119 Å².